The summed E-state index contributed by atoms with van der Waals surface area (Å²) in [6.07, 6.45) is 2.66. The van der Waals surface area contributed by atoms with Crippen LogP contribution >= 0.6 is 0 Å². The molecule has 1 atom stereocenters. The van der Waals surface area contributed by atoms with Crippen molar-refractivity contribution in [1.29, 1.82) is 0 Å². The molecule has 0 heterocycles. The molecule has 0 saturated heterocycles. The maximum absolute atomic E-state index is 12.6. The number of ether oxygens (including phenoxy) is 2. The summed E-state index contributed by atoms with van der Waals surface area (Å²) >= 11 is 0. The van der Waals surface area contributed by atoms with Crippen LogP contribution in [0.1, 0.15) is 29.8 Å². The minimum Gasteiger partial charge on any atom is -0.490 e. The van der Waals surface area contributed by atoms with Gasteiger partial charge in [0.05, 0.1) is 6.61 Å². The van der Waals surface area contributed by atoms with Gasteiger partial charge in [0.2, 0.25) is 0 Å². The van der Waals surface area contributed by atoms with Gasteiger partial charge in [0.1, 0.15) is 0 Å². The molecule has 0 saturated carbocycles. The Morgan fingerprint density at radius 1 is 0.968 bits per heavy atom. The zero-order valence-electron chi connectivity index (χ0n) is 18.3. The SMILES string of the molecule is CCOc1cc(/C=C/C(=O)c2ccc3ccccc3c2)ccc1O[C@@H](C)C(=O)N(C)C. The highest BCUT2D eigenvalue weighted by Gasteiger charge is 2.18. The van der Waals surface area contributed by atoms with Gasteiger partial charge in [-0.05, 0) is 54.5 Å². The van der Waals surface area contributed by atoms with E-state index < -0.39 is 6.10 Å². The Balaban J connectivity index is 1.78. The van der Waals surface area contributed by atoms with Crippen molar-refractivity contribution in [1.82, 2.24) is 4.90 Å². The second kappa shape index (κ2) is 9.94. The number of allylic oxidation sites excluding steroid dienone is 1. The standard InChI is InChI=1S/C26H27NO4/c1-5-30-25-16-19(11-15-24(25)31-18(2)26(29)27(3)4)10-14-23(28)22-13-12-20-8-6-7-9-21(20)17-22/h6-18H,5H2,1-4H3/b14-10+/t18-/m0/s1. The first-order chi connectivity index (χ1) is 14.9. The molecule has 3 aromatic carbocycles. The molecule has 0 N–H and O–H groups in total. The summed E-state index contributed by atoms with van der Waals surface area (Å²) < 4.78 is 11.5. The van der Waals surface area contributed by atoms with Gasteiger partial charge in [-0.15, -0.1) is 0 Å². The van der Waals surface area contributed by atoms with E-state index in [-0.39, 0.29) is 11.7 Å². The van der Waals surface area contributed by atoms with Crippen molar-refractivity contribution in [3.63, 3.8) is 0 Å². The van der Waals surface area contributed by atoms with Crippen LogP contribution in [0.2, 0.25) is 0 Å². The van der Waals surface area contributed by atoms with Crippen molar-refractivity contribution in [2.45, 2.75) is 20.0 Å². The Labute approximate surface area is 182 Å². The monoisotopic (exact) mass is 417 g/mol. The van der Waals surface area contributed by atoms with E-state index in [1.54, 1.807) is 45.3 Å². The van der Waals surface area contributed by atoms with Crippen LogP contribution in [-0.2, 0) is 4.79 Å². The first-order valence-electron chi connectivity index (χ1n) is 10.2. The van der Waals surface area contributed by atoms with E-state index in [4.69, 9.17) is 9.47 Å². The highest BCUT2D eigenvalue weighted by atomic mass is 16.5. The van der Waals surface area contributed by atoms with Crippen LogP contribution in [0.15, 0.2) is 66.7 Å². The van der Waals surface area contributed by atoms with Crippen LogP contribution < -0.4 is 9.47 Å². The third-order valence-corrected chi connectivity index (χ3v) is 4.82. The average Bonchev–Trinajstić information content (AvgIpc) is 2.78. The largest absolute Gasteiger partial charge is 0.490 e. The quantitative estimate of drug-likeness (QED) is 0.383. The first kappa shape index (κ1) is 22.1. The van der Waals surface area contributed by atoms with Crippen LogP contribution in [0.3, 0.4) is 0 Å². The normalized spacial score (nSPS) is 12.0. The van der Waals surface area contributed by atoms with E-state index in [2.05, 4.69) is 0 Å². The van der Waals surface area contributed by atoms with Crippen molar-refractivity contribution in [2.75, 3.05) is 20.7 Å². The summed E-state index contributed by atoms with van der Waals surface area (Å²) in [5.41, 5.74) is 1.44. The Morgan fingerprint density at radius 3 is 2.42 bits per heavy atom. The van der Waals surface area contributed by atoms with Crippen molar-refractivity contribution in [3.8, 4) is 11.5 Å². The third-order valence-electron chi connectivity index (χ3n) is 4.82. The van der Waals surface area contributed by atoms with Crippen LogP contribution in [0, 0.1) is 0 Å². The molecule has 0 radical (unpaired) electrons. The molecule has 0 aliphatic rings. The summed E-state index contributed by atoms with van der Waals surface area (Å²) in [6.45, 7) is 4.04. The van der Waals surface area contributed by atoms with E-state index in [9.17, 15) is 9.59 Å². The van der Waals surface area contributed by atoms with Gasteiger partial charge in [-0.3, -0.25) is 9.59 Å². The highest BCUT2D eigenvalue weighted by molar-refractivity contribution is 6.08. The Hall–Kier alpha value is -3.60. The minimum absolute atomic E-state index is 0.0748. The number of hydrogen-bond acceptors (Lipinski definition) is 4. The molecule has 5 heteroatoms. The van der Waals surface area contributed by atoms with E-state index in [1.807, 2.05) is 55.5 Å². The van der Waals surface area contributed by atoms with Gasteiger partial charge in [0.15, 0.2) is 23.4 Å². The minimum atomic E-state index is -0.634. The van der Waals surface area contributed by atoms with Gasteiger partial charge in [-0.1, -0.05) is 48.5 Å². The van der Waals surface area contributed by atoms with Crippen molar-refractivity contribution in [2.24, 2.45) is 0 Å². The molecule has 0 spiro atoms. The number of fused-ring (bicyclic) bond motifs is 1. The number of ketones is 1. The smallest absolute Gasteiger partial charge is 0.262 e. The zero-order valence-corrected chi connectivity index (χ0v) is 18.3. The summed E-state index contributed by atoms with van der Waals surface area (Å²) in [4.78, 5) is 26.2. The molecule has 0 fully saturated rings. The molecule has 31 heavy (non-hydrogen) atoms. The molecule has 3 aromatic rings. The molecule has 0 aromatic heterocycles. The Bertz CT molecular complexity index is 1120. The second-order valence-electron chi connectivity index (χ2n) is 7.39. The number of benzene rings is 3. The lowest BCUT2D eigenvalue weighted by atomic mass is 10.0. The lowest BCUT2D eigenvalue weighted by molar-refractivity contribution is -0.135. The average molecular weight is 418 g/mol. The van der Waals surface area contributed by atoms with Crippen molar-refractivity contribution < 1.29 is 19.1 Å². The second-order valence-corrected chi connectivity index (χ2v) is 7.39. The number of carbonyl (C=O) groups is 2. The number of carbonyl (C=O) groups excluding carboxylic acids is 2. The summed E-state index contributed by atoms with van der Waals surface area (Å²) in [6, 6.07) is 19.0. The maximum atomic E-state index is 12.6. The van der Waals surface area contributed by atoms with E-state index >= 15 is 0 Å². The van der Waals surface area contributed by atoms with Crippen LogP contribution in [0.25, 0.3) is 16.8 Å². The van der Waals surface area contributed by atoms with Gasteiger partial charge < -0.3 is 14.4 Å². The molecule has 0 aliphatic heterocycles. The molecule has 160 valence electrons. The van der Waals surface area contributed by atoms with Crippen molar-refractivity contribution in [3.05, 3.63) is 77.9 Å². The molecule has 0 bridgehead atoms. The summed E-state index contributed by atoms with van der Waals surface area (Å²) in [7, 11) is 3.37. The molecule has 3 rings (SSSR count). The van der Waals surface area contributed by atoms with E-state index in [1.165, 1.54) is 4.90 Å². The molecule has 0 aliphatic carbocycles. The number of rotatable bonds is 8. The van der Waals surface area contributed by atoms with Crippen molar-refractivity contribution >= 4 is 28.5 Å². The van der Waals surface area contributed by atoms with Crippen LogP contribution in [0.5, 0.6) is 11.5 Å². The summed E-state index contributed by atoms with van der Waals surface area (Å²) in [5.74, 6) is 0.811. The lowest BCUT2D eigenvalue weighted by Crippen LogP contribution is -2.35. The number of hydrogen-bond donors (Lipinski definition) is 0. The number of likely N-dealkylation sites (N-methyl/N-ethyl adjacent to an activating group) is 1. The lowest BCUT2D eigenvalue weighted by Gasteiger charge is -2.20. The van der Waals surface area contributed by atoms with E-state index in [0.29, 0.717) is 23.7 Å². The Kier molecular flexibility index (Phi) is 7.08. The van der Waals surface area contributed by atoms with Gasteiger partial charge in [0, 0.05) is 19.7 Å². The first-order valence-corrected chi connectivity index (χ1v) is 10.2. The van der Waals surface area contributed by atoms with Gasteiger partial charge in [0.25, 0.3) is 5.91 Å². The number of amides is 1. The predicted molar refractivity (Wildman–Crippen MR) is 124 cm³/mol. The Morgan fingerprint density at radius 2 is 1.71 bits per heavy atom. The van der Waals surface area contributed by atoms with E-state index in [0.717, 1.165) is 16.3 Å². The highest BCUT2D eigenvalue weighted by Crippen LogP contribution is 2.30. The number of nitrogens with zero attached hydrogens (tertiary/aromatic N) is 1. The molecule has 5 nitrogen and oxygen atoms in total. The third kappa shape index (κ3) is 5.51. The molecule has 1 amide bonds. The predicted octanol–water partition coefficient (Wildman–Crippen LogP) is 4.99. The molecule has 0 unspecified atom stereocenters. The molecular formula is C26H27NO4. The zero-order chi connectivity index (χ0) is 22.4. The fourth-order valence-corrected chi connectivity index (χ4v) is 3.21. The molecular weight excluding hydrogens is 390 g/mol. The fraction of sp³-hybridized carbons (Fsp3) is 0.231. The van der Waals surface area contributed by atoms with Crippen LogP contribution in [-0.4, -0.2) is 43.4 Å². The van der Waals surface area contributed by atoms with Crippen LogP contribution in [0.4, 0.5) is 0 Å². The van der Waals surface area contributed by atoms with Gasteiger partial charge >= 0.3 is 0 Å². The summed E-state index contributed by atoms with van der Waals surface area (Å²) in [5, 5.41) is 2.13. The van der Waals surface area contributed by atoms with Gasteiger partial charge in [-0.25, -0.2) is 0 Å². The maximum Gasteiger partial charge on any atom is 0.262 e. The van der Waals surface area contributed by atoms with Gasteiger partial charge in [-0.2, -0.15) is 0 Å². The topological polar surface area (TPSA) is 55.8 Å². The fourth-order valence-electron chi connectivity index (χ4n) is 3.21.